The molecular formula is C15H32O8Si. The lowest BCUT2D eigenvalue weighted by molar-refractivity contribution is 0.0174. The topological polar surface area (TPSA) is 81.7 Å². The quantitative estimate of drug-likeness (QED) is 0.292. The first-order chi connectivity index (χ1) is 11.4. The van der Waals surface area contributed by atoms with E-state index in [1.54, 1.807) is 14.2 Å². The molecule has 0 amide bonds. The van der Waals surface area contributed by atoms with Gasteiger partial charge in [0.15, 0.2) is 14.4 Å². The zero-order valence-electron chi connectivity index (χ0n) is 15.5. The van der Waals surface area contributed by atoms with E-state index in [1.807, 2.05) is 0 Å². The molecule has 0 aliphatic carbocycles. The van der Waals surface area contributed by atoms with Crippen molar-refractivity contribution in [3.05, 3.63) is 0 Å². The fourth-order valence-corrected chi connectivity index (χ4v) is 2.20. The van der Waals surface area contributed by atoms with Gasteiger partial charge in [0, 0.05) is 14.2 Å². The highest BCUT2D eigenvalue weighted by Crippen LogP contribution is 2.05. The first kappa shape index (κ1) is 23.3. The Bertz CT molecular complexity index is 308. The number of hydrogen-bond donors (Lipinski definition) is 0. The van der Waals surface area contributed by atoms with E-state index in [1.165, 1.54) is 0 Å². The Balaban J connectivity index is 0.000000496. The number of methoxy groups -OCH3 is 2. The Morgan fingerprint density at radius 3 is 2.00 bits per heavy atom. The maximum Gasteiger partial charge on any atom is 0.508 e. The summed E-state index contributed by atoms with van der Waals surface area (Å²) in [4.78, 5) is 10.2. The summed E-state index contributed by atoms with van der Waals surface area (Å²) in [6, 6.07) is 0. The molecule has 1 atom stereocenters. The molecule has 0 N–H and O–H groups in total. The summed E-state index contributed by atoms with van der Waals surface area (Å²) in [5, 5.41) is 0. The maximum atomic E-state index is 10.2. The first-order valence-corrected chi connectivity index (χ1v) is 11.4. The minimum Gasteiger partial charge on any atom is -0.430 e. The highest BCUT2D eigenvalue weighted by molar-refractivity contribution is 6.69. The number of carbonyl (C=O) groups is 1. The third kappa shape index (κ3) is 16.2. The van der Waals surface area contributed by atoms with E-state index in [0.29, 0.717) is 52.9 Å². The van der Waals surface area contributed by atoms with Crippen molar-refractivity contribution in [3.63, 3.8) is 0 Å². The Hall–Kier alpha value is -0.713. The molecule has 1 aliphatic rings. The second-order valence-electron chi connectivity index (χ2n) is 5.93. The van der Waals surface area contributed by atoms with Gasteiger partial charge >= 0.3 is 6.16 Å². The van der Waals surface area contributed by atoms with E-state index < -0.39 is 14.5 Å². The molecule has 0 spiro atoms. The van der Waals surface area contributed by atoms with Crippen molar-refractivity contribution < 1.29 is 37.6 Å². The Morgan fingerprint density at radius 2 is 1.54 bits per heavy atom. The van der Waals surface area contributed by atoms with Crippen LogP contribution in [-0.2, 0) is 32.8 Å². The van der Waals surface area contributed by atoms with Gasteiger partial charge in [0.2, 0.25) is 0 Å². The van der Waals surface area contributed by atoms with Gasteiger partial charge in [0.25, 0.3) is 0 Å². The highest BCUT2D eigenvalue weighted by atomic mass is 28.4. The SMILES string of the molecule is COCC1COC(=O)O1.COCCOCCOCCO[Si](C)(C)C. The van der Waals surface area contributed by atoms with Crippen molar-refractivity contribution in [3.8, 4) is 0 Å². The second-order valence-corrected chi connectivity index (χ2v) is 10.4. The van der Waals surface area contributed by atoms with Crippen molar-refractivity contribution in [2.24, 2.45) is 0 Å². The molecule has 1 saturated heterocycles. The molecule has 0 saturated carbocycles. The van der Waals surface area contributed by atoms with E-state index in [0.717, 1.165) is 0 Å². The Labute approximate surface area is 145 Å². The number of rotatable bonds is 12. The van der Waals surface area contributed by atoms with Gasteiger partial charge in [-0.2, -0.15) is 0 Å². The van der Waals surface area contributed by atoms with Crippen molar-refractivity contribution >= 4 is 14.5 Å². The summed E-state index contributed by atoms with van der Waals surface area (Å²) in [6.07, 6.45) is -0.806. The molecule has 1 heterocycles. The van der Waals surface area contributed by atoms with Gasteiger partial charge in [-0.15, -0.1) is 0 Å². The third-order valence-corrected chi connectivity index (χ3v) is 3.64. The van der Waals surface area contributed by atoms with Gasteiger partial charge in [-0.1, -0.05) is 0 Å². The van der Waals surface area contributed by atoms with Gasteiger partial charge < -0.3 is 32.8 Å². The van der Waals surface area contributed by atoms with E-state index in [4.69, 9.17) is 23.4 Å². The van der Waals surface area contributed by atoms with Crippen LogP contribution in [0.3, 0.4) is 0 Å². The number of ether oxygens (including phenoxy) is 6. The van der Waals surface area contributed by atoms with Crippen molar-refractivity contribution in [2.45, 2.75) is 25.7 Å². The minimum absolute atomic E-state index is 0.206. The highest BCUT2D eigenvalue weighted by Gasteiger charge is 2.24. The fourth-order valence-electron chi connectivity index (χ4n) is 1.50. The van der Waals surface area contributed by atoms with Crippen molar-refractivity contribution in [1.29, 1.82) is 0 Å². The van der Waals surface area contributed by atoms with E-state index in [2.05, 4.69) is 29.1 Å². The van der Waals surface area contributed by atoms with Crippen molar-refractivity contribution in [2.75, 3.05) is 67.1 Å². The summed E-state index contributed by atoms with van der Waals surface area (Å²) >= 11 is 0. The average molecular weight is 368 g/mol. The normalized spacial score (nSPS) is 17.0. The minimum atomic E-state index is -1.37. The molecule has 0 bridgehead atoms. The number of carbonyl (C=O) groups excluding carboxylic acids is 1. The van der Waals surface area contributed by atoms with Crippen LogP contribution in [0.5, 0.6) is 0 Å². The fraction of sp³-hybridized carbons (Fsp3) is 0.933. The largest absolute Gasteiger partial charge is 0.508 e. The maximum absolute atomic E-state index is 10.2. The molecule has 8 nitrogen and oxygen atoms in total. The number of cyclic esters (lactones) is 2. The summed E-state index contributed by atoms with van der Waals surface area (Å²) in [5.41, 5.74) is 0. The zero-order chi connectivity index (χ0) is 18.3. The lowest BCUT2D eigenvalue weighted by Gasteiger charge is -2.16. The van der Waals surface area contributed by atoms with E-state index in [9.17, 15) is 4.79 Å². The van der Waals surface area contributed by atoms with Crippen LogP contribution in [0.4, 0.5) is 4.79 Å². The van der Waals surface area contributed by atoms with Crippen molar-refractivity contribution in [1.82, 2.24) is 0 Å². The standard InChI is InChI=1S/C10H24O4Si.C5H8O4/c1-11-5-6-12-7-8-13-9-10-14-15(2,3)4;1-7-2-4-3-8-5(6)9-4/h5-10H2,1-4H3;4H,2-3H2,1H3. The third-order valence-electron chi connectivity index (χ3n) is 2.57. The Morgan fingerprint density at radius 1 is 0.958 bits per heavy atom. The molecule has 9 heteroatoms. The van der Waals surface area contributed by atoms with Gasteiger partial charge in [0.05, 0.1) is 46.2 Å². The van der Waals surface area contributed by atoms with Crippen LogP contribution in [-0.4, -0.2) is 87.7 Å². The van der Waals surface area contributed by atoms with Gasteiger partial charge in [-0.3, -0.25) is 0 Å². The van der Waals surface area contributed by atoms with Gasteiger partial charge in [0.1, 0.15) is 6.61 Å². The summed E-state index contributed by atoms with van der Waals surface area (Å²) in [7, 11) is 1.84. The van der Waals surface area contributed by atoms with E-state index >= 15 is 0 Å². The molecule has 1 rings (SSSR count). The lowest BCUT2D eigenvalue weighted by atomic mass is 10.4. The van der Waals surface area contributed by atoms with Gasteiger partial charge in [-0.05, 0) is 19.6 Å². The molecule has 24 heavy (non-hydrogen) atoms. The molecule has 0 radical (unpaired) electrons. The smallest absolute Gasteiger partial charge is 0.430 e. The number of hydrogen-bond acceptors (Lipinski definition) is 8. The molecule has 0 aromatic rings. The molecule has 0 aromatic carbocycles. The zero-order valence-corrected chi connectivity index (χ0v) is 16.5. The van der Waals surface area contributed by atoms with Crippen LogP contribution < -0.4 is 0 Å². The van der Waals surface area contributed by atoms with Gasteiger partial charge in [-0.25, -0.2) is 4.79 Å². The molecule has 0 aromatic heterocycles. The first-order valence-electron chi connectivity index (χ1n) is 7.99. The van der Waals surface area contributed by atoms with Crippen LogP contribution >= 0.6 is 0 Å². The van der Waals surface area contributed by atoms with Crippen LogP contribution in [0, 0.1) is 0 Å². The van der Waals surface area contributed by atoms with Crippen LogP contribution in [0.25, 0.3) is 0 Å². The van der Waals surface area contributed by atoms with Crippen LogP contribution in [0.15, 0.2) is 0 Å². The molecular weight excluding hydrogens is 336 g/mol. The monoisotopic (exact) mass is 368 g/mol. The molecule has 1 fully saturated rings. The lowest BCUT2D eigenvalue weighted by Crippen LogP contribution is -2.27. The summed E-state index contributed by atoms with van der Waals surface area (Å²) < 4.78 is 34.9. The summed E-state index contributed by atoms with van der Waals surface area (Å²) in [6.45, 7) is 11.1. The Kier molecular flexibility index (Phi) is 14.2. The van der Waals surface area contributed by atoms with E-state index in [-0.39, 0.29) is 6.10 Å². The molecule has 144 valence electrons. The predicted octanol–water partition coefficient (Wildman–Crippen LogP) is 1.69. The summed E-state index contributed by atoms with van der Waals surface area (Å²) in [5.74, 6) is 0. The van der Waals surface area contributed by atoms with Crippen LogP contribution in [0.1, 0.15) is 0 Å². The molecule has 1 unspecified atom stereocenters. The van der Waals surface area contributed by atoms with Crippen LogP contribution in [0.2, 0.25) is 19.6 Å². The second kappa shape index (κ2) is 14.6. The molecule has 1 aliphatic heterocycles. The average Bonchev–Trinajstić information content (AvgIpc) is 2.91. The predicted molar refractivity (Wildman–Crippen MR) is 90.9 cm³/mol.